The third kappa shape index (κ3) is 5.36. The van der Waals surface area contributed by atoms with Crippen LogP contribution in [0.2, 0.25) is 0 Å². The fourth-order valence-corrected chi connectivity index (χ4v) is 2.39. The van der Waals surface area contributed by atoms with E-state index in [9.17, 15) is 4.79 Å². The van der Waals surface area contributed by atoms with Crippen LogP contribution in [0.25, 0.3) is 0 Å². The van der Waals surface area contributed by atoms with Gasteiger partial charge < -0.3 is 19.7 Å². The van der Waals surface area contributed by atoms with Gasteiger partial charge in [0.2, 0.25) is 0 Å². The maximum atomic E-state index is 12.1. The minimum Gasteiger partial charge on any atom is -0.380 e. The summed E-state index contributed by atoms with van der Waals surface area (Å²) in [5.74, 6) is 0. The minimum absolute atomic E-state index is 0.0314. The van der Waals surface area contributed by atoms with Gasteiger partial charge in [0.1, 0.15) is 0 Å². The molecular formula is C16H24N2O3. The number of hydrogen-bond acceptors (Lipinski definition) is 3. The summed E-state index contributed by atoms with van der Waals surface area (Å²) in [4.78, 5) is 13.9. The van der Waals surface area contributed by atoms with Gasteiger partial charge in [0.15, 0.2) is 0 Å². The molecule has 116 valence electrons. The van der Waals surface area contributed by atoms with Crippen LogP contribution in [0, 0.1) is 0 Å². The number of rotatable bonds is 6. The molecule has 0 saturated carbocycles. The first kappa shape index (κ1) is 15.8. The second kappa shape index (κ2) is 8.64. The molecular weight excluding hydrogens is 268 g/mol. The molecule has 1 aromatic rings. The largest absolute Gasteiger partial charge is 0.380 e. The highest BCUT2D eigenvalue weighted by molar-refractivity contribution is 5.74. The first-order chi connectivity index (χ1) is 10.3. The van der Waals surface area contributed by atoms with Gasteiger partial charge in [0, 0.05) is 32.7 Å². The van der Waals surface area contributed by atoms with Crippen molar-refractivity contribution in [3.05, 3.63) is 35.9 Å². The van der Waals surface area contributed by atoms with Crippen molar-refractivity contribution < 1.29 is 14.3 Å². The number of nitrogens with one attached hydrogen (secondary N) is 1. The number of benzene rings is 1. The lowest BCUT2D eigenvalue weighted by atomic mass is 10.1. The van der Waals surface area contributed by atoms with Crippen LogP contribution in [0.15, 0.2) is 30.3 Å². The first-order valence-electron chi connectivity index (χ1n) is 7.55. The van der Waals surface area contributed by atoms with Gasteiger partial charge in [-0.3, -0.25) is 0 Å². The molecule has 0 unspecified atom stereocenters. The molecule has 1 fully saturated rings. The second-order valence-electron chi connectivity index (χ2n) is 5.06. The van der Waals surface area contributed by atoms with Crippen LogP contribution < -0.4 is 5.32 Å². The smallest absolute Gasteiger partial charge is 0.317 e. The topological polar surface area (TPSA) is 50.8 Å². The van der Waals surface area contributed by atoms with Crippen molar-refractivity contribution in [2.45, 2.75) is 19.4 Å². The maximum absolute atomic E-state index is 12.1. The average molecular weight is 292 g/mol. The molecule has 0 aromatic heterocycles. The van der Waals surface area contributed by atoms with Gasteiger partial charge in [0.05, 0.1) is 19.3 Å². The van der Waals surface area contributed by atoms with E-state index in [4.69, 9.17) is 9.47 Å². The van der Waals surface area contributed by atoms with Crippen molar-refractivity contribution in [1.29, 1.82) is 0 Å². The Balaban J connectivity index is 1.76. The summed E-state index contributed by atoms with van der Waals surface area (Å²) in [5, 5.41) is 2.88. The minimum atomic E-state index is -0.0314. The molecule has 21 heavy (non-hydrogen) atoms. The standard InChI is InChI=1S/C16H24N2O3/c1-2-20-10-8-17-16(19)18-9-11-21-15(13-18)12-14-6-4-3-5-7-14/h3-7,15H,2,8-13H2,1H3,(H,17,19)/t15-/m0/s1. The third-order valence-electron chi connectivity index (χ3n) is 3.46. The van der Waals surface area contributed by atoms with E-state index in [2.05, 4.69) is 17.4 Å². The number of morpholine rings is 1. The van der Waals surface area contributed by atoms with Crippen molar-refractivity contribution in [2.24, 2.45) is 0 Å². The van der Waals surface area contributed by atoms with Gasteiger partial charge in [-0.05, 0) is 12.5 Å². The van der Waals surface area contributed by atoms with Crippen LogP contribution in [0.1, 0.15) is 12.5 Å². The lowest BCUT2D eigenvalue weighted by Crippen LogP contribution is -2.50. The third-order valence-corrected chi connectivity index (χ3v) is 3.46. The number of nitrogens with zero attached hydrogens (tertiary/aromatic N) is 1. The molecule has 5 heteroatoms. The van der Waals surface area contributed by atoms with Crippen molar-refractivity contribution in [2.75, 3.05) is 39.5 Å². The molecule has 1 saturated heterocycles. The first-order valence-corrected chi connectivity index (χ1v) is 7.55. The zero-order chi connectivity index (χ0) is 14.9. The predicted molar refractivity (Wildman–Crippen MR) is 81.4 cm³/mol. The zero-order valence-corrected chi connectivity index (χ0v) is 12.6. The average Bonchev–Trinajstić information content (AvgIpc) is 2.53. The van der Waals surface area contributed by atoms with Crippen molar-refractivity contribution in [3.8, 4) is 0 Å². The molecule has 1 N–H and O–H groups in total. The van der Waals surface area contributed by atoms with Crippen LogP contribution in [0.3, 0.4) is 0 Å². The molecule has 1 aromatic carbocycles. The number of urea groups is 1. The highest BCUT2D eigenvalue weighted by atomic mass is 16.5. The van der Waals surface area contributed by atoms with Crippen molar-refractivity contribution >= 4 is 6.03 Å². The van der Waals surface area contributed by atoms with E-state index in [0.29, 0.717) is 39.5 Å². The summed E-state index contributed by atoms with van der Waals surface area (Å²) in [6.07, 6.45) is 0.905. The van der Waals surface area contributed by atoms with E-state index in [1.54, 1.807) is 0 Å². The summed E-state index contributed by atoms with van der Waals surface area (Å²) in [6, 6.07) is 10.2. The fraction of sp³-hybridized carbons (Fsp3) is 0.562. The van der Waals surface area contributed by atoms with Gasteiger partial charge in [-0.1, -0.05) is 30.3 Å². The van der Waals surface area contributed by atoms with E-state index >= 15 is 0 Å². The molecule has 1 aliphatic heterocycles. The molecule has 2 amide bonds. The lowest BCUT2D eigenvalue weighted by molar-refractivity contribution is -0.0134. The Hall–Kier alpha value is -1.59. The van der Waals surface area contributed by atoms with Crippen LogP contribution in [0.5, 0.6) is 0 Å². The number of carbonyl (C=O) groups is 1. The van der Waals surface area contributed by atoms with Gasteiger partial charge in [-0.25, -0.2) is 4.79 Å². The molecule has 1 aliphatic rings. The van der Waals surface area contributed by atoms with Crippen molar-refractivity contribution in [3.63, 3.8) is 0 Å². The molecule has 5 nitrogen and oxygen atoms in total. The van der Waals surface area contributed by atoms with Crippen LogP contribution in [-0.4, -0.2) is 56.5 Å². The maximum Gasteiger partial charge on any atom is 0.317 e. The molecule has 2 rings (SSSR count). The Morgan fingerprint density at radius 2 is 2.24 bits per heavy atom. The van der Waals surface area contributed by atoms with Crippen LogP contribution >= 0.6 is 0 Å². The SMILES string of the molecule is CCOCCNC(=O)N1CCO[C@@H](Cc2ccccc2)C1. The van der Waals surface area contributed by atoms with Gasteiger partial charge in [-0.2, -0.15) is 0 Å². The summed E-state index contributed by atoms with van der Waals surface area (Å²) in [6.45, 7) is 5.59. The Morgan fingerprint density at radius 3 is 3.00 bits per heavy atom. The quantitative estimate of drug-likeness (QED) is 0.812. The molecule has 0 radical (unpaired) electrons. The van der Waals surface area contributed by atoms with E-state index in [1.165, 1.54) is 5.56 Å². The molecule has 0 spiro atoms. The van der Waals surface area contributed by atoms with Gasteiger partial charge in [-0.15, -0.1) is 0 Å². The summed E-state index contributed by atoms with van der Waals surface area (Å²) < 4.78 is 11.0. The zero-order valence-electron chi connectivity index (χ0n) is 12.6. The van der Waals surface area contributed by atoms with E-state index < -0.39 is 0 Å². The summed E-state index contributed by atoms with van der Waals surface area (Å²) in [5.41, 5.74) is 1.24. The van der Waals surface area contributed by atoms with Gasteiger partial charge in [0.25, 0.3) is 0 Å². The van der Waals surface area contributed by atoms with Crippen molar-refractivity contribution in [1.82, 2.24) is 10.2 Å². The lowest BCUT2D eigenvalue weighted by Gasteiger charge is -2.33. The summed E-state index contributed by atoms with van der Waals surface area (Å²) in [7, 11) is 0. The number of carbonyl (C=O) groups excluding carboxylic acids is 1. The van der Waals surface area contributed by atoms with E-state index in [0.717, 1.165) is 6.42 Å². The normalized spacial score (nSPS) is 18.5. The van der Waals surface area contributed by atoms with Crippen LogP contribution in [-0.2, 0) is 15.9 Å². The highest BCUT2D eigenvalue weighted by Crippen LogP contribution is 2.11. The van der Waals surface area contributed by atoms with E-state index in [1.807, 2.05) is 30.0 Å². The molecule has 0 bridgehead atoms. The monoisotopic (exact) mass is 292 g/mol. The number of hydrogen-bond donors (Lipinski definition) is 1. The number of ether oxygens (including phenoxy) is 2. The Bertz CT molecular complexity index is 425. The second-order valence-corrected chi connectivity index (χ2v) is 5.06. The fourth-order valence-electron chi connectivity index (χ4n) is 2.39. The summed E-state index contributed by atoms with van der Waals surface area (Å²) >= 11 is 0. The molecule has 0 aliphatic carbocycles. The predicted octanol–water partition coefficient (Wildman–Crippen LogP) is 1.68. The Kier molecular flexibility index (Phi) is 6.50. The van der Waals surface area contributed by atoms with Crippen LogP contribution in [0.4, 0.5) is 4.79 Å². The van der Waals surface area contributed by atoms with Gasteiger partial charge >= 0.3 is 6.03 Å². The highest BCUT2D eigenvalue weighted by Gasteiger charge is 2.24. The van der Waals surface area contributed by atoms with E-state index in [-0.39, 0.29) is 12.1 Å². The Labute approximate surface area is 126 Å². The number of amides is 2. The molecule has 1 heterocycles. The Morgan fingerprint density at radius 1 is 1.43 bits per heavy atom. The molecule has 1 atom stereocenters.